The summed E-state index contributed by atoms with van der Waals surface area (Å²) in [6.45, 7) is 0.192. The van der Waals surface area contributed by atoms with Crippen LogP contribution in [0.2, 0.25) is 0 Å². The van der Waals surface area contributed by atoms with Crippen LogP contribution in [0, 0.1) is 5.82 Å². The number of hydrogen-bond acceptors (Lipinski definition) is 3. The van der Waals surface area contributed by atoms with Crippen LogP contribution in [0.4, 0.5) is 4.39 Å². The molecule has 0 spiro atoms. The smallest absolute Gasteiger partial charge is 0.307 e. The van der Waals surface area contributed by atoms with Gasteiger partial charge in [0.05, 0.1) is 13.5 Å². The number of rotatable bonds is 6. The summed E-state index contributed by atoms with van der Waals surface area (Å²) in [7, 11) is 1.41. The third-order valence-electron chi connectivity index (χ3n) is 2.88. The Balaban J connectivity index is 2.02. The highest BCUT2D eigenvalue weighted by Gasteiger charge is 2.05. The Morgan fingerprint density at radius 2 is 2.00 bits per heavy atom. The molecule has 2 rings (SSSR count). The van der Waals surface area contributed by atoms with Crippen molar-refractivity contribution in [3.63, 3.8) is 0 Å². The Labute approximate surface area is 121 Å². The molecule has 21 heavy (non-hydrogen) atoms. The number of hydrogen-bond donors (Lipinski definition) is 1. The topological polar surface area (TPSA) is 55.8 Å². The molecular weight excluding hydrogens is 275 g/mol. The van der Waals surface area contributed by atoms with Crippen molar-refractivity contribution in [3.05, 3.63) is 59.4 Å². The SMILES string of the molecule is COc1ccc(COc2cccc(CC(=O)O)c2)cc1F. The van der Waals surface area contributed by atoms with E-state index in [0.717, 1.165) is 0 Å². The van der Waals surface area contributed by atoms with Crippen LogP contribution in [-0.4, -0.2) is 18.2 Å². The van der Waals surface area contributed by atoms with Crippen molar-refractivity contribution in [3.8, 4) is 11.5 Å². The van der Waals surface area contributed by atoms with Crippen LogP contribution in [0.15, 0.2) is 42.5 Å². The second-order valence-electron chi connectivity index (χ2n) is 4.48. The van der Waals surface area contributed by atoms with Gasteiger partial charge in [0.15, 0.2) is 11.6 Å². The van der Waals surface area contributed by atoms with Gasteiger partial charge in [0.25, 0.3) is 0 Å². The predicted octanol–water partition coefficient (Wildman–Crippen LogP) is 3.04. The van der Waals surface area contributed by atoms with E-state index < -0.39 is 11.8 Å². The maximum atomic E-state index is 13.5. The molecule has 0 atom stereocenters. The third kappa shape index (κ3) is 4.21. The number of carbonyl (C=O) groups is 1. The number of carboxylic acid groups (broad SMARTS) is 1. The monoisotopic (exact) mass is 290 g/mol. The molecule has 0 aromatic heterocycles. The van der Waals surface area contributed by atoms with E-state index in [1.54, 1.807) is 30.3 Å². The van der Waals surface area contributed by atoms with E-state index in [0.29, 0.717) is 16.9 Å². The van der Waals surface area contributed by atoms with Crippen LogP contribution in [-0.2, 0) is 17.8 Å². The van der Waals surface area contributed by atoms with Gasteiger partial charge in [-0.25, -0.2) is 4.39 Å². The average Bonchev–Trinajstić information content (AvgIpc) is 2.45. The molecule has 0 amide bonds. The summed E-state index contributed by atoms with van der Waals surface area (Å²) in [5, 5.41) is 8.75. The molecule has 5 heteroatoms. The quantitative estimate of drug-likeness (QED) is 0.888. The first-order valence-electron chi connectivity index (χ1n) is 6.34. The molecule has 0 aliphatic rings. The van der Waals surface area contributed by atoms with Crippen molar-refractivity contribution >= 4 is 5.97 Å². The zero-order valence-corrected chi connectivity index (χ0v) is 11.5. The van der Waals surface area contributed by atoms with E-state index in [-0.39, 0.29) is 18.8 Å². The fraction of sp³-hybridized carbons (Fsp3) is 0.188. The Morgan fingerprint density at radius 1 is 1.19 bits per heavy atom. The van der Waals surface area contributed by atoms with E-state index in [4.69, 9.17) is 14.6 Å². The lowest BCUT2D eigenvalue weighted by molar-refractivity contribution is -0.136. The number of aliphatic carboxylic acids is 1. The standard InChI is InChI=1S/C16H15FO4/c1-20-15-6-5-12(8-14(15)17)10-21-13-4-2-3-11(7-13)9-16(18)19/h2-8H,9-10H2,1H3,(H,18,19). The highest BCUT2D eigenvalue weighted by Crippen LogP contribution is 2.20. The molecule has 2 aromatic rings. The Morgan fingerprint density at radius 3 is 2.67 bits per heavy atom. The van der Waals surface area contributed by atoms with Crippen LogP contribution in [0.3, 0.4) is 0 Å². The average molecular weight is 290 g/mol. The molecule has 110 valence electrons. The minimum atomic E-state index is -0.899. The lowest BCUT2D eigenvalue weighted by atomic mass is 10.1. The van der Waals surface area contributed by atoms with Crippen molar-refractivity contribution in [2.24, 2.45) is 0 Å². The first kappa shape index (κ1) is 14.8. The predicted molar refractivity (Wildman–Crippen MR) is 75.1 cm³/mol. The number of ether oxygens (including phenoxy) is 2. The number of halogens is 1. The fourth-order valence-corrected chi connectivity index (χ4v) is 1.89. The van der Waals surface area contributed by atoms with Gasteiger partial charge in [-0.15, -0.1) is 0 Å². The molecule has 0 saturated carbocycles. The molecule has 0 fully saturated rings. The second-order valence-corrected chi connectivity index (χ2v) is 4.48. The molecular formula is C16H15FO4. The molecule has 0 heterocycles. The molecule has 1 N–H and O–H groups in total. The van der Waals surface area contributed by atoms with E-state index >= 15 is 0 Å². The first-order chi connectivity index (χ1) is 10.1. The lowest BCUT2D eigenvalue weighted by Crippen LogP contribution is -2.01. The van der Waals surface area contributed by atoms with Gasteiger partial charge in [-0.05, 0) is 35.4 Å². The van der Waals surface area contributed by atoms with Crippen LogP contribution < -0.4 is 9.47 Å². The summed E-state index contributed by atoms with van der Waals surface area (Å²) < 4.78 is 23.9. The number of methoxy groups -OCH3 is 1. The van der Waals surface area contributed by atoms with Crippen LogP contribution in [0.1, 0.15) is 11.1 Å². The van der Waals surface area contributed by atoms with Crippen LogP contribution in [0.25, 0.3) is 0 Å². The first-order valence-corrected chi connectivity index (χ1v) is 6.34. The lowest BCUT2D eigenvalue weighted by Gasteiger charge is -2.09. The molecule has 4 nitrogen and oxygen atoms in total. The number of carboxylic acids is 1. The van der Waals surface area contributed by atoms with Gasteiger partial charge in [0.1, 0.15) is 12.4 Å². The van der Waals surface area contributed by atoms with Crippen molar-refractivity contribution in [1.82, 2.24) is 0 Å². The van der Waals surface area contributed by atoms with Gasteiger partial charge in [0.2, 0.25) is 0 Å². The van der Waals surface area contributed by atoms with E-state index in [2.05, 4.69) is 0 Å². The molecule has 2 aromatic carbocycles. The van der Waals surface area contributed by atoms with Gasteiger partial charge in [0, 0.05) is 0 Å². The Bertz CT molecular complexity index is 640. The summed E-state index contributed by atoms with van der Waals surface area (Å²) >= 11 is 0. The third-order valence-corrected chi connectivity index (χ3v) is 2.88. The molecule has 0 saturated heterocycles. The van der Waals surface area contributed by atoms with Gasteiger partial charge in [-0.2, -0.15) is 0 Å². The second kappa shape index (κ2) is 6.74. The molecule has 0 aliphatic carbocycles. The molecule has 0 aliphatic heterocycles. The van der Waals surface area contributed by atoms with Gasteiger partial charge in [-0.3, -0.25) is 4.79 Å². The molecule has 0 unspecified atom stereocenters. The largest absolute Gasteiger partial charge is 0.494 e. The van der Waals surface area contributed by atoms with E-state index in [1.165, 1.54) is 19.2 Å². The fourth-order valence-electron chi connectivity index (χ4n) is 1.89. The minimum Gasteiger partial charge on any atom is -0.494 e. The summed E-state index contributed by atoms with van der Waals surface area (Å²) in [6, 6.07) is 11.4. The summed E-state index contributed by atoms with van der Waals surface area (Å²) in [6.07, 6.45) is -0.0611. The summed E-state index contributed by atoms with van der Waals surface area (Å²) in [5.74, 6) is -0.616. The Hall–Kier alpha value is -2.56. The van der Waals surface area contributed by atoms with Crippen LogP contribution in [0.5, 0.6) is 11.5 Å². The van der Waals surface area contributed by atoms with Crippen molar-refractivity contribution in [2.75, 3.05) is 7.11 Å². The zero-order chi connectivity index (χ0) is 15.2. The maximum absolute atomic E-state index is 13.5. The normalized spacial score (nSPS) is 10.2. The zero-order valence-electron chi connectivity index (χ0n) is 11.5. The minimum absolute atomic E-state index is 0.0611. The van der Waals surface area contributed by atoms with E-state index in [1.807, 2.05) is 0 Å². The van der Waals surface area contributed by atoms with Crippen molar-refractivity contribution in [2.45, 2.75) is 13.0 Å². The summed E-state index contributed by atoms with van der Waals surface area (Å²) in [4.78, 5) is 10.7. The van der Waals surface area contributed by atoms with Crippen LogP contribution >= 0.6 is 0 Å². The maximum Gasteiger partial charge on any atom is 0.307 e. The van der Waals surface area contributed by atoms with Gasteiger partial charge < -0.3 is 14.6 Å². The highest BCUT2D eigenvalue weighted by molar-refractivity contribution is 5.70. The highest BCUT2D eigenvalue weighted by atomic mass is 19.1. The molecule has 0 radical (unpaired) electrons. The van der Waals surface area contributed by atoms with Gasteiger partial charge >= 0.3 is 5.97 Å². The Kier molecular flexibility index (Phi) is 4.77. The van der Waals surface area contributed by atoms with Gasteiger partial charge in [-0.1, -0.05) is 18.2 Å². The van der Waals surface area contributed by atoms with Crippen molar-refractivity contribution < 1.29 is 23.8 Å². The van der Waals surface area contributed by atoms with E-state index in [9.17, 15) is 9.18 Å². The summed E-state index contributed by atoms with van der Waals surface area (Å²) in [5.41, 5.74) is 1.32. The number of benzene rings is 2. The molecule has 0 bridgehead atoms. The van der Waals surface area contributed by atoms with Crippen molar-refractivity contribution in [1.29, 1.82) is 0 Å².